The number of nitrogens with zero attached hydrogens (tertiary/aromatic N) is 2. The quantitative estimate of drug-likeness (QED) is 0.345. The fourth-order valence-corrected chi connectivity index (χ4v) is 3.71. The molecule has 1 atom stereocenters. The van der Waals surface area contributed by atoms with E-state index >= 15 is 0 Å². The molecule has 0 fully saturated rings. The largest absolute Gasteiger partial charge is 0.497 e. The zero-order valence-electron chi connectivity index (χ0n) is 17.1. The van der Waals surface area contributed by atoms with E-state index in [1.54, 1.807) is 54.7 Å². The Hall–Kier alpha value is -3.74. The van der Waals surface area contributed by atoms with Crippen LogP contribution in [0.3, 0.4) is 0 Å². The average molecular weight is 436 g/mol. The van der Waals surface area contributed by atoms with Crippen LogP contribution in [0.2, 0.25) is 0 Å². The number of halogens is 3. The second kappa shape index (κ2) is 8.78. The number of aromatic nitrogens is 2. The summed E-state index contributed by atoms with van der Waals surface area (Å²) in [5.74, 6) is -0.724. The summed E-state index contributed by atoms with van der Waals surface area (Å²) in [5, 5.41) is 0.873. The van der Waals surface area contributed by atoms with Gasteiger partial charge in [-0.15, -0.1) is 0 Å². The predicted octanol–water partition coefficient (Wildman–Crippen LogP) is 6.06. The Labute approximate surface area is 182 Å². The molecule has 4 aromatic rings. The molecule has 2 aromatic carbocycles. The average Bonchev–Trinajstić information content (AvgIpc) is 2.81. The zero-order chi connectivity index (χ0) is 22.7. The van der Waals surface area contributed by atoms with Gasteiger partial charge in [-0.2, -0.15) is 13.2 Å². The lowest BCUT2D eigenvalue weighted by Crippen LogP contribution is -2.17. The Morgan fingerprint density at radius 3 is 2.53 bits per heavy atom. The standard InChI is InChI=1S/C25H19F3N2O2/c1-32-19-7-2-5-17(13-19)20(24-21(25(26,27)28)8-4-12-30-24)15-23(31)18-10-9-16-6-3-11-29-22(16)14-18/h2-14,20H,15H2,1H3/t20-/m0/s1. The van der Waals surface area contributed by atoms with Crippen molar-refractivity contribution in [3.05, 3.63) is 102 Å². The first-order valence-electron chi connectivity index (χ1n) is 9.91. The Balaban J connectivity index is 1.78. The molecule has 0 aliphatic heterocycles. The maximum absolute atomic E-state index is 13.7. The van der Waals surface area contributed by atoms with Crippen LogP contribution in [-0.4, -0.2) is 22.9 Å². The highest BCUT2D eigenvalue weighted by atomic mass is 19.4. The van der Waals surface area contributed by atoms with E-state index in [0.29, 0.717) is 22.4 Å². The summed E-state index contributed by atoms with van der Waals surface area (Å²) in [5.41, 5.74) is 0.487. The van der Waals surface area contributed by atoms with Crippen LogP contribution in [0.1, 0.15) is 39.5 Å². The van der Waals surface area contributed by atoms with E-state index in [-0.39, 0.29) is 17.9 Å². The molecule has 0 unspecified atom stereocenters. The molecule has 0 amide bonds. The van der Waals surface area contributed by atoms with E-state index < -0.39 is 17.7 Å². The van der Waals surface area contributed by atoms with Gasteiger partial charge in [-0.3, -0.25) is 14.8 Å². The van der Waals surface area contributed by atoms with E-state index in [4.69, 9.17) is 4.74 Å². The SMILES string of the molecule is COc1cccc([C@H](CC(=O)c2ccc3cccnc3c2)c2ncccc2C(F)(F)F)c1. The Morgan fingerprint density at radius 1 is 0.969 bits per heavy atom. The number of hydrogen-bond donors (Lipinski definition) is 0. The molecule has 0 N–H and O–H groups in total. The second-order valence-corrected chi connectivity index (χ2v) is 7.30. The van der Waals surface area contributed by atoms with Crippen LogP contribution in [0.5, 0.6) is 5.75 Å². The summed E-state index contributed by atoms with van der Waals surface area (Å²) in [4.78, 5) is 21.5. The molecule has 2 aromatic heterocycles. The Kier molecular flexibility index (Phi) is 5.90. The van der Waals surface area contributed by atoms with E-state index in [1.165, 1.54) is 19.4 Å². The molecule has 0 saturated carbocycles. The monoisotopic (exact) mass is 436 g/mol. The van der Waals surface area contributed by atoms with Gasteiger partial charge in [0.1, 0.15) is 5.75 Å². The number of methoxy groups -OCH3 is 1. The van der Waals surface area contributed by atoms with Crippen LogP contribution in [0.25, 0.3) is 10.9 Å². The number of benzene rings is 2. The van der Waals surface area contributed by atoms with Crippen molar-refractivity contribution in [1.29, 1.82) is 0 Å². The van der Waals surface area contributed by atoms with Gasteiger partial charge in [-0.1, -0.05) is 30.3 Å². The van der Waals surface area contributed by atoms with Crippen molar-refractivity contribution < 1.29 is 22.7 Å². The Morgan fingerprint density at radius 2 is 1.75 bits per heavy atom. The summed E-state index contributed by atoms with van der Waals surface area (Å²) in [7, 11) is 1.48. The van der Waals surface area contributed by atoms with Gasteiger partial charge < -0.3 is 4.74 Å². The number of hydrogen-bond acceptors (Lipinski definition) is 4. The fourth-order valence-electron chi connectivity index (χ4n) is 3.71. The highest BCUT2D eigenvalue weighted by molar-refractivity contribution is 5.99. The van der Waals surface area contributed by atoms with Crippen molar-refractivity contribution in [3.8, 4) is 5.75 Å². The summed E-state index contributed by atoms with van der Waals surface area (Å²) in [6, 6.07) is 17.7. The second-order valence-electron chi connectivity index (χ2n) is 7.30. The van der Waals surface area contributed by atoms with Crippen molar-refractivity contribution in [3.63, 3.8) is 0 Å². The molecule has 0 aliphatic carbocycles. The molecular weight excluding hydrogens is 417 g/mol. The third-order valence-corrected chi connectivity index (χ3v) is 5.29. The maximum Gasteiger partial charge on any atom is 0.418 e. The predicted molar refractivity (Wildman–Crippen MR) is 115 cm³/mol. The molecule has 162 valence electrons. The summed E-state index contributed by atoms with van der Waals surface area (Å²) >= 11 is 0. The van der Waals surface area contributed by atoms with Gasteiger partial charge in [0, 0.05) is 35.7 Å². The van der Waals surface area contributed by atoms with Gasteiger partial charge in [-0.05, 0) is 42.0 Å². The van der Waals surface area contributed by atoms with E-state index in [2.05, 4.69) is 9.97 Å². The number of carbonyl (C=O) groups is 1. The first-order valence-corrected chi connectivity index (χ1v) is 9.91. The van der Waals surface area contributed by atoms with Gasteiger partial charge in [0.25, 0.3) is 0 Å². The van der Waals surface area contributed by atoms with Gasteiger partial charge in [-0.25, -0.2) is 0 Å². The minimum atomic E-state index is -4.60. The smallest absolute Gasteiger partial charge is 0.418 e. The summed E-state index contributed by atoms with van der Waals surface area (Å²) in [6.07, 6.45) is -1.86. The van der Waals surface area contributed by atoms with Crippen molar-refractivity contribution in [2.24, 2.45) is 0 Å². The number of fused-ring (bicyclic) bond motifs is 1. The topological polar surface area (TPSA) is 52.1 Å². The molecular formula is C25H19F3N2O2. The van der Waals surface area contributed by atoms with Crippen LogP contribution in [-0.2, 0) is 6.18 Å². The molecule has 4 nitrogen and oxygen atoms in total. The molecule has 0 saturated heterocycles. The number of ketones is 1. The van der Waals surface area contributed by atoms with Crippen LogP contribution < -0.4 is 4.74 Å². The lowest BCUT2D eigenvalue weighted by molar-refractivity contribution is -0.138. The molecule has 4 rings (SSSR count). The van der Waals surface area contributed by atoms with E-state index in [0.717, 1.165) is 11.5 Å². The van der Waals surface area contributed by atoms with Crippen LogP contribution in [0, 0.1) is 0 Å². The highest BCUT2D eigenvalue weighted by Gasteiger charge is 2.37. The number of rotatable bonds is 6. The summed E-state index contributed by atoms with van der Waals surface area (Å²) in [6.45, 7) is 0. The maximum atomic E-state index is 13.7. The number of ether oxygens (including phenoxy) is 1. The van der Waals surface area contributed by atoms with Crippen LogP contribution >= 0.6 is 0 Å². The highest BCUT2D eigenvalue weighted by Crippen LogP contribution is 2.39. The molecule has 0 bridgehead atoms. The van der Waals surface area contributed by atoms with E-state index in [1.807, 2.05) is 6.07 Å². The van der Waals surface area contributed by atoms with Crippen molar-refractivity contribution in [2.45, 2.75) is 18.5 Å². The molecule has 0 spiro atoms. The minimum absolute atomic E-state index is 0.189. The number of alkyl halides is 3. The van der Waals surface area contributed by atoms with Gasteiger partial charge in [0.05, 0.1) is 23.9 Å². The lowest BCUT2D eigenvalue weighted by Gasteiger charge is -2.21. The first-order chi connectivity index (χ1) is 15.4. The minimum Gasteiger partial charge on any atom is -0.497 e. The molecule has 7 heteroatoms. The van der Waals surface area contributed by atoms with Crippen LogP contribution in [0.15, 0.2) is 79.1 Å². The van der Waals surface area contributed by atoms with Gasteiger partial charge in [0.2, 0.25) is 0 Å². The number of Topliss-reactive ketones (excluding diaryl/α,β-unsaturated/α-hetero) is 1. The van der Waals surface area contributed by atoms with E-state index in [9.17, 15) is 18.0 Å². The third kappa shape index (κ3) is 4.46. The molecule has 2 heterocycles. The zero-order valence-corrected chi connectivity index (χ0v) is 17.1. The summed E-state index contributed by atoms with van der Waals surface area (Å²) < 4.78 is 46.5. The van der Waals surface area contributed by atoms with Crippen molar-refractivity contribution in [1.82, 2.24) is 9.97 Å². The van der Waals surface area contributed by atoms with Gasteiger partial charge in [0.15, 0.2) is 5.78 Å². The van der Waals surface area contributed by atoms with Gasteiger partial charge >= 0.3 is 6.18 Å². The third-order valence-electron chi connectivity index (χ3n) is 5.29. The lowest BCUT2D eigenvalue weighted by atomic mass is 9.86. The van der Waals surface area contributed by atoms with Crippen LogP contribution in [0.4, 0.5) is 13.2 Å². The molecule has 0 radical (unpaired) electrons. The molecule has 32 heavy (non-hydrogen) atoms. The normalized spacial score (nSPS) is 12.5. The molecule has 0 aliphatic rings. The fraction of sp³-hybridized carbons (Fsp3) is 0.160. The van der Waals surface area contributed by atoms with Crippen molar-refractivity contribution >= 4 is 16.7 Å². The Bertz CT molecular complexity index is 1270. The first kappa shape index (κ1) is 21.5. The number of carbonyl (C=O) groups excluding carboxylic acids is 1. The van der Waals surface area contributed by atoms with Crippen molar-refractivity contribution in [2.75, 3.05) is 7.11 Å². The number of pyridine rings is 2.